The van der Waals surface area contributed by atoms with Crippen molar-refractivity contribution in [2.45, 2.75) is 6.92 Å². The molecule has 6 heteroatoms. The first kappa shape index (κ1) is 12.8. The average molecular weight is 283 g/mol. The van der Waals surface area contributed by atoms with Gasteiger partial charge in [0.05, 0.1) is 15.6 Å². The second-order valence-corrected chi connectivity index (χ2v) is 4.23. The fourth-order valence-corrected chi connectivity index (χ4v) is 1.89. The zero-order valence-electron chi connectivity index (χ0n) is 9.35. The van der Waals surface area contributed by atoms with Gasteiger partial charge in [0, 0.05) is 17.8 Å². The number of halogens is 2. The van der Waals surface area contributed by atoms with Crippen LogP contribution in [0.15, 0.2) is 29.6 Å². The Morgan fingerprint density at radius 1 is 1.44 bits per heavy atom. The summed E-state index contributed by atoms with van der Waals surface area (Å²) in [5.41, 5.74) is 0.611. The number of rotatable bonds is 2. The van der Waals surface area contributed by atoms with E-state index in [1.54, 1.807) is 25.1 Å². The van der Waals surface area contributed by atoms with Crippen molar-refractivity contribution in [2.75, 3.05) is 0 Å². The van der Waals surface area contributed by atoms with Gasteiger partial charge in [-0.1, -0.05) is 34.4 Å². The van der Waals surface area contributed by atoms with Crippen LogP contribution in [0.2, 0.25) is 10.0 Å². The molecule has 0 atom stereocenters. The predicted molar refractivity (Wildman–Crippen MR) is 71.3 cm³/mol. The number of nitrogens with zero attached hydrogens (tertiary/aromatic N) is 2. The Labute approximate surface area is 113 Å². The molecule has 18 heavy (non-hydrogen) atoms. The van der Waals surface area contributed by atoms with Gasteiger partial charge in [0.2, 0.25) is 0 Å². The van der Waals surface area contributed by atoms with Crippen LogP contribution in [0.4, 0.5) is 0 Å². The minimum atomic E-state index is -0.654. The monoisotopic (exact) mass is 282 g/mol. The number of oxime groups is 1. The summed E-state index contributed by atoms with van der Waals surface area (Å²) in [7, 11) is 0. The van der Waals surface area contributed by atoms with E-state index in [4.69, 9.17) is 23.2 Å². The predicted octanol–water partition coefficient (Wildman–Crippen LogP) is 3.70. The molecule has 0 bridgehead atoms. The van der Waals surface area contributed by atoms with Gasteiger partial charge >= 0.3 is 5.97 Å². The first-order chi connectivity index (χ1) is 8.63. The van der Waals surface area contributed by atoms with Crippen LogP contribution in [0.3, 0.4) is 0 Å². The Hall–Kier alpha value is -1.65. The lowest BCUT2D eigenvalue weighted by atomic mass is 10.1. The van der Waals surface area contributed by atoms with E-state index < -0.39 is 5.97 Å². The lowest BCUT2D eigenvalue weighted by Crippen LogP contribution is -2.04. The highest BCUT2D eigenvalue weighted by atomic mass is 35.5. The van der Waals surface area contributed by atoms with E-state index in [-0.39, 0.29) is 10.6 Å². The van der Waals surface area contributed by atoms with Crippen LogP contribution >= 0.6 is 23.2 Å². The van der Waals surface area contributed by atoms with E-state index in [0.717, 1.165) is 0 Å². The van der Waals surface area contributed by atoms with Gasteiger partial charge in [-0.25, -0.2) is 4.79 Å². The molecule has 0 amide bonds. The Bertz CT molecular complexity index is 641. The maximum Gasteiger partial charge on any atom is 0.369 e. The molecule has 0 fully saturated rings. The molecular weight excluding hydrogens is 275 g/mol. The third-order valence-electron chi connectivity index (χ3n) is 2.21. The number of carbonyl (C=O) groups is 1. The van der Waals surface area contributed by atoms with Crippen molar-refractivity contribution in [3.63, 3.8) is 0 Å². The molecule has 0 aliphatic heterocycles. The minimum absolute atomic E-state index is 0.177. The van der Waals surface area contributed by atoms with Crippen molar-refractivity contribution in [2.24, 2.45) is 5.16 Å². The quantitative estimate of drug-likeness (QED) is 0.479. The van der Waals surface area contributed by atoms with Crippen molar-refractivity contribution in [1.29, 1.82) is 0 Å². The minimum Gasteiger partial charge on any atom is -0.313 e. The smallest absolute Gasteiger partial charge is 0.313 e. The van der Waals surface area contributed by atoms with Crippen molar-refractivity contribution in [3.05, 3.63) is 40.0 Å². The maximum atomic E-state index is 11.8. The molecule has 92 valence electrons. The van der Waals surface area contributed by atoms with Crippen LogP contribution in [0.1, 0.15) is 17.3 Å². The van der Waals surface area contributed by atoms with Gasteiger partial charge in [-0.15, -0.1) is 0 Å². The van der Waals surface area contributed by atoms with Crippen LogP contribution in [0, 0.1) is 0 Å². The van der Waals surface area contributed by atoms with Crippen LogP contribution in [0.5, 0.6) is 0 Å². The zero-order valence-corrected chi connectivity index (χ0v) is 10.9. The summed E-state index contributed by atoms with van der Waals surface area (Å²) < 4.78 is 0. The van der Waals surface area contributed by atoms with Gasteiger partial charge in [-0.2, -0.15) is 0 Å². The topological polar surface area (TPSA) is 51.5 Å². The summed E-state index contributed by atoms with van der Waals surface area (Å²) in [6.45, 7) is 1.63. The summed E-state index contributed by atoms with van der Waals surface area (Å²) in [6, 6.07) is 5.02. The standard InChI is InChI=1S/C12H8Cl2N2O2/c1-2-16-18-12(17)10-9(14)4-3-7-5-8(13)6-15-11(7)10/h2-6H,1H3. The molecule has 0 aliphatic rings. The first-order valence-electron chi connectivity index (χ1n) is 5.06. The lowest BCUT2D eigenvalue weighted by molar-refractivity contribution is 0.0521. The summed E-state index contributed by atoms with van der Waals surface area (Å²) >= 11 is 11.8. The van der Waals surface area contributed by atoms with E-state index in [2.05, 4.69) is 15.0 Å². The molecule has 0 aliphatic carbocycles. The van der Waals surface area contributed by atoms with Gasteiger partial charge in [0.25, 0.3) is 0 Å². The van der Waals surface area contributed by atoms with Gasteiger partial charge < -0.3 is 4.84 Å². The van der Waals surface area contributed by atoms with Crippen LogP contribution in [0.25, 0.3) is 10.9 Å². The number of hydrogen-bond acceptors (Lipinski definition) is 4. The van der Waals surface area contributed by atoms with E-state index in [0.29, 0.717) is 15.9 Å². The van der Waals surface area contributed by atoms with Crippen LogP contribution in [-0.4, -0.2) is 17.2 Å². The Balaban J connectivity index is 2.61. The highest BCUT2D eigenvalue weighted by Crippen LogP contribution is 2.27. The first-order valence-corrected chi connectivity index (χ1v) is 5.82. The fraction of sp³-hybridized carbons (Fsp3) is 0.0833. The molecule has 0 spiro atoms. The molecule has 0 N–H and O–H groups in total. The average Bonchev–Trinajstić information content (AvgIpc) is 2.36. The molecule has 0 radical (unpaired) electrons. The molecule has 2 rings (SSSR count). The van der Waals surface area contributed by atoms with Crippen molar-refractivity contribution in [3.8, 4) is 0 Å². The van der Waals surface area contributed by atoms with E-state index in [1.165, 1.54) is 12.4 Å². The number of pyridine rings is 1. The van der Waals surface area contributed by atoms with Crippen LogP contribution in [-0.2, 0) is 4.84 Å². The second kappa shape index (κ2) is 5.33. The molecule has 0 saturated carbocycles. The molecule has 1 aromatic carbocycles. The SMILES string of the molecule is CC=NOC(=O)c1c(Cl)ccc2cc(Cl)cnc12. The highest BCUT2D eigenvalue weighted by Gasteiger charge is 2.17. The Kier molecular flexibility index (Phi) is 3.79. The van der Waals surface area contributed by atoms with Gasteiger partial charge in [0.15, 0.2) is 0 Å². The van der Waals surface area contributed by atoms with E-state index in [1.807, 2.05) is 0 Å². The van der Waals surface area contributed by atoms with Gasteiger partial charge in [0.1, 0.15) is 5.56 Å². The molecule has 0 unspecified atom stereocenters. The molecular formula is C12H8Cl2N2O2. The number of aromatic nitrogens is 1. The molecule has 1 aromatic heterocycles. The summed E-state index contributed by atoms with van der Waals surface area (Å²) in [5.74, 6) is -0.654. The van der Waals surface area contributed by atoms with Crippen molar-refractivity contribution in [1.82, 2.24) is 4.98 Å². The summed E-state index contributed by atoms with van der Waals surface area (Å²) in [5, 5.41) is 4.87. The Morgan fingerprint density at radius 3 is 2.94 bits per heavy atom. The lowest BCUT2D eigenvalue weighted by Gasteiger charge is -2.05. The number of benzene rings is 1. The summed E-state index contributed by atoms with van der Waals surface area (Å²) in [6.07, 6.45) is 2.81. The Morgan fingerprint density at radius 2 is 2.22 bits per heavy atom. The zero-order chi connectivity index (χ0) is 13.1. The third kappa shape index (κ3) is 2.44. The third-order valence-corrected chi connectivity index (χ3v) is 2.74. The second-order valence-electron chi connectivity index (χ2n) is 3.39. The van der Waals surface area contributed by atoms with Crippen LogP contribution < -0.4 is 0 Å². The number of carbonyl (C=O) groups excluding carboxylic acids is 1. The number of hydrogen-bond donors (Lipinski definition) is 0. The van der Waals surface area contributed by atoms with E-state index in [9.17, 15) is 4.79 Å². The summed E-state index contributed by atoms with van der Waals surface area (Å²) in [4.78, 5) is 20.6. The normalized spacial score (nSPS) is 11.1. The van der Waals surface area contributed by atoms with Crippen molar-refractivity contribution < 1.29 is 9.63 Å². The molecule has 1 heterocycles. The molecule has 2 aromatic rings. The largest absolute Gasteiger partial charge is 0.369 e. The van der Waals surface area contributed by atoms with E-state index >= 15 is 0 Å². The highest BCUT2D eigenvalue weighted by molar-refractivity contribution is 6.35. The fourth-order valence-electron chi connectivity index (χ4n) is 1.49. The van der Waals surface area contributed by atoms with Gasteiger partial charge in [-0.3, -0.25) is 4.98 Å². The molecule has 0 saturated heterocycles. The maximum absolute atomic E-state index is 11.8. The number of fused-ring (bicyclic) bond motifs is 1. The van der Waals surface area contributed by atoms with Gasteiger partial charge in [-0.05, 0) is 19.1 Å². The molecule has 4 nitrogen and oxygen atoms in total. The van der Waals surface area contributed by atoms with Crippen molar-refractivity contribution >= 4 is 46.3 Å².